The second-order valence-corrected chi connectivity index (χ2v) is 14.4. The van der Waals surface area contributed by atoms with Crippen molar-refractivity contribution >= 4 is 86.7 Å². The van der Waals surface area contributed by atoms with Crippen molar-refractivity contribution in [3.8, 4) is 22.5 Å². The molecule has 12 rings (SSSR count). The summed E-state index contributed by atoms with van der Waals surface area (Å²) in [5.41, 5.74) is 9.67. The molecule has 0 aliphatic heterocycles. The Bertz CT molecular complexity index is 3240. The molecule has 2 nitrogen and oxygen atoms in total. The number of hydrogen-bond acceptors (Lipinski definition) is 0. The van der Waals surface area contributed by atoms with Gasteiger partial charge in [0, 0.05) is 43.7 Å². The third kappa shape index (κ3) is 4.00. The first-order valence-electron chi connectivity index (χ1n) is 18.7. The van der Waals surface area contributed by atoms with Gasteiger partial charge in [0.2, 0.25) is 0 Å². The third-order valence-electron chi connectivity index (χ3n) is 11.6. The number of rotatable bonds is 3. The normalized spacial score (nSPS) is 12.1. The van der Waals surface area contributed by atoms with E-state index in [1.807, 2.05) is 0 Å². The van der Waals surface area contributed by atoms with E-state index in [1.54, 1.807) is 0 Å². The van der Waals surface area contributed by atoms with E-state index in [0.717, 1.165) is 0 Å². The van der Waals surface area contributed by atoms with Crippen LogP contribution in [0.3, 0.4) is 0 Å². The fraction of sp³-hybridized carbons (Fsp3) is 0. The minimum atomic E-state index is 1.17. The lowest BCUT2D eigenvalue weighted by Crippen LogP contribution is -1.94. The largest absolute Gasteiger partial charge is 0.309 e. The Morgan fingerprint density at radius 1 is 0.241 bits per heavy atom. The summed E-state index contributed by atoms with van der Waals surface area (Å²) in [5.74, 6) is 0. The molecule has 0 fully saturated rings. The first kappa shape index (κ1) is 29.4. The highest BCUT2D eigenvalue weighted by atomic mass is 15.0. The Labute approximate surface area is 311 Å². The SMILES string of the molecule is c1ccc(-n2c3ccc(-c4ccc5c(c4)c4c6ccccc6c6ccccc6c4n5-c4ccccc4)cc3c3c4ccccc4c4ccccc4c32)cc1. The fourth-order valence-corrected chi connectivity index (χ4v) is 9.41. The van der Waals surface area contributed by atoms with E-state index in [9.17, 15) is 0 Å². The van der Waals surface area contributed by atoms with Crippen LogP contribution in [0, 0.1) is 0 Å². The Kier molecular flexibility index (Phi) is 6.09. The zero-order chi connectivity index (χ0) is 35.3. The van der Waals surface area contributed by atoms with E-state index in [2.05, 4.69) is 203 Å². The first-order valence-corrected chi connectivity index (χ1v) is 18.7. The smallest absolute Gasteiger partial charge is 0.0625 e. The van der Waals surface area contributed by atoms with Gasteiger partial charge in [-0.1, -0.05) is 146 Å². The molecule has 10 aromatic carbocycles. The first-order chi connectivity index (χ1) is 26.8. The van der Waals surface area contributed by atoms with Crippen LogP contribution in [-0.2, 0) is 0 Å². The molecule has 0 aliphatic rings. The van der Waals surface area contributed by atoms with Crippen LogP contribution >= 0.6 is 0 Å². The highest BCUT2D eigenvalue weighted by Crippen LogP contribution is 2.46. The molecule has 0 radical (unpaired) electrons. The van der Waals surface area contributed by atoms with E-state index in [1.165, 1.54) is 109 Å². The van der Waals surface area contributed by atoms with Gasteiger partial charge in [-0.15, -0.1) is 0 Å². The summed E-state index contributed by atoms with van der Waals surface area (Å²) in [6.07, 6.45) is 0. The lowest BCUT2D eigenvalue weighted by Gasteiger charge is -2.12. The Morgan fingerprint density at radius 3 is 0.944 bits per heavy atom. The highest BCUT2D eigenvalue weighted by molar-refractivity contribution is 6.34. The van der Waals surface area contributed by atoms with Gasteiger partial charge in [0.05, 0.1) is 22.1 Å². The van der Waals surface area contributed by atoms with Crippen molar-refractivity contribution in [1.82, 2.24) is 9.13 Å². The van der Waals surface area contributed by atoms with Gasteiger partial charge < -0.3 is 9.13 Å². The number of aromatic nitrogens is 2. The van der Waals surface area contributed by atoms with Gasteiger partial charge in [-0.3, -0.25) is 0 Å². The second kappa shape index (κ2) is 11.2. The molecular weight excluding hydrogens is 653 g/mol. The van der Waals surface area contributed by atoms with Crippen LogP contribution in [-0.4, -0.2) is 9.13 Å². The molecule has 54 heavy (non-hydrogen) atoms. The van der Waals surface area contributed by atoms with Crippen molar-refractivity contribution in [3.05, 3.63) is 194 Å². The van der Waals surface area contributed by atoms with Crippen LogP contribution in [0.25, 0.3) is 109 Å². The molecule has 0 N–H and O–H groups in total. The second-order valence-electron chi connectivity index (χ2n) is 14.4. The number of nitrogens with zero attached hydrogens (tertiary/aromatic N) is 2. The van der Waals surface area contributed by atoms with Crippen molar-refractivity contribution in [3.63, 3.8) is 0 Å². The molecule has 0 unspecified atom stereocenters. The van der Waals surface area contributed by atoms with Crippen LogP contribution in [0.5, 0.6) is 0 Å². The van der Waals surface area contributed by atoms with Crippen molar-refractivity contribution in [2.75, 3.05) is 0 Å². The summed E-state index contributed by atoms with van der Waals surface area (Å²) >= 11 is 0. The van der Waals surface area contributed by atoms with Gasteiger partial charge in [-0.2, -0.15) is 0 Å². The average Bonchev–Trinajstić information content (AvgIpc) is 3.78. The molecule has 2 heterocycles. The minimum absolute atomic E-state index is 1.17. The minimum Gasteiger partial charge on any atom is -0.309 e. The molecule has 0 saturated heterocycles. The van der Waals surface area contributed by atoms with Gasteiger partial charge >= 0.3 is 0 Å². The van der Waals surface area contributed by atoms with Crippen molar-refractivity contribution < 1.29 is 0 Å². The predicted octanol–water partition coefficient (Wildman–Crippen LogP) is 14.2. The topological polar surface area (TPSA) is 9.86 Å². The lowest BCUT2D eigenvalue weighted by molar-refractivity contribution is 1.19. The van der Waals surface area contributed by atoms with E-state index < -0.39 is 0 Å². The molecule has 0 bridgehead atoms. The molecule has 0 saturated carbocycles. The Morgan fingerprint density at radius 2 is 0.556 bits per heavy atom. The number of benzene rings is 10. The van der Waals surface area contributed by atoms with E-state index in [0.29, 0.717) is 0 Å². The van der Waals surface area contributed by atoms with Crippen LogP contribution < -0.4 is 0 Å². The molecule has 0 spiro atoms. The van der Waals surface area contributed by atoms with Crippen molar-refractivity contribution in [2.45, 2.75) is 0 Å². The maximum atomic E-state index is 2.47. The van der Waals surface area contributed by atoms with Gasteiger partial charge in [-0.25, -0.2) is 0 Å². The van der Waals surface area contributed by atoms with Gasteiger partial charge in [-0.05, 0) is 92.0 Å². The number of para-hydroxylation sites is 2. The van der Waals surface area contributed by atoms with E-state index in [4.69, 9.17) is 0 Å². The van der Waals surface area contributed by atoms with Crippen LogP contribution in [0.4, 0.5) is 0 Å². The molecule has 0 amide bonds. The quantitative estimate of drug-likeness (QED) is 0.164. The van der Waals surface area contributed by atoms with Crippen LogP contribution in [0.15, 0.2) is 194 Å². The Hall–Kier alpha value is -7.16. The molecule has 2 aromatic heterocycles. The summed E-state index contributed by atoms with van der Waals surface area (Å²) < 4.78 is 4.94. The number of hydrogen-bond donors (Lipinski definition) is 0. The summed E-state index contributed by atoms with van der Waals surface area (Å²) in [4.78, 5) is 0. The summed E-state index contributed by atoms with van der Waals surface area (Å²) in [6, 6.07) is 71.4. The maximum Gasteiger partial charge on any atom is 0.0625 e. The molecule has 12 aromatic rings. The molecule has 2 heteroatoms. The molecule has 0 atom stereocenters. The van der Waals surface area contributed by atoms with Crippen molar-refractivity contribution in [1.29, 1.82) is 0 Å². The molecular formula is C52H32N2. The third-order valence-corrected chi connectivity index (χ3v) is 11.6. The lowest BCUT2D eigenvalue weighted by atomic mass is 9.94. The maximum absolute atomic E-state index is 2.47. The van der Waals surface area contributed by atoms with Crippen LogP contribution in [0.1, 0.15) is 0 Å². The monoisotopic (exact) mass is 684 g/mol. The standard InChI is InChI=1S/C52H32N2/c1-3-15-35(16-4-1)53-47-29-27-33(31-45(47)49-41-23-11-7-19-37(41)39-21-9-13-25-43(39)51(49)53)34-28-30-48-46(32-34)50-42-24-12-8-20-38(42)40-22-10-14-26-44(40)52(50)54(48)36-17-5-2-6-18-36/h1-32H. The summed E-state index contributed by atoms with van der Waals surface area (Å²) in [5, 5.41) is 15.3. The molecule has 0 aliphatic carbocycles. The zero-order valence-corrected chi connectivity index (χ0v) is 29.4. The van der Waals surface area contributed by atoms with E-state index >= 15 is 0 Å². The fourth-order valence-electron chi connectivity index (χ4n) is 9.41. The van der Waals surface area contributed by atoms with E-state index in [-0.39, 0.29) is 0 Å². The predicted molar refractivity (Wildman–Crippen MR) is 231 cm³/mol. The van der Waals surface area contributed by atoms with Gasteiger partial charge in [0.25, 0.3) is 0 Å². The number of fused-ring (bicyclic) bond motifs is 16. The zero-order valence-electron chi connectivity index (χ0n) is 29.4. The summed E-state index contributed by atoms with van der Waals surface area (Å²) in [7, 11) is 0. The summed E-state index contributed by atoms with van der Waals surface area (Å²) in [6.45, 7) is 0. The average molecular weight is 685 g/mol. The van der Waals surface area contributed by atoms with Gasteiger partial charge in [0.15, 0.2) is 0 Å². The molecule has 250 valence electrons. The Balaban J connectivity index is 1.21. The van der Waals surface area contributed by atoms with Gasteiger partial charge in [0.1, 0.15) is 0 Å². The van der Waals surface area contributed by atoms with Crippen molar-refractivity contribution in [2.24, 2.45) is 0 Å². The van der Waals surface area contributed by atoms with Crippen LogP contribution in [0.2, 0.25) is 0 Å². The highest BCUT2D eigenvalue weighted by Gasteiger charge is 2.22.